The highest BCUT2D eigenvalue weighted by molar-refractivity contribution is 5.77. The van der Waals surface area contributed by atoms with E-state index in [9.17, 15) is 4.79 Å². The predicted molar refractivity (Wildman–Crippen MR) is 71.0 cm³/mol. The number of benzene rings is 1. The Balaban J connectivity index is 1.79. The summed E-state index contributed by atoms with van der Waals surface area (Å²) in [7, 11) is 0. The minimum absolute atomic E-state index is 0.117. The van der Waals surface area contributed by atoms with Gasteiger partial charge in [0.05, 0.1) is 25.3 Å². The summed E-state index contributed by atoms with van der Waals surface area (Å²) in [6, 6.07) is 10.5. The molecule has 1 aromatic rings. The minimum Gasteiger partial charge on any atom is -0.375 e. The van der Waals surface area contributed by atoms with Crippen molar-refractivity contribution in [1.29, 1.82) is 0 Å². The van der Waals surface area contributed by atoms with Crippen LogP contribution in [0.1, 0.15) is 19.4 Å². The average Bonchev–Trinajstić information content (AvgIpc) is 3.04. The molecule has 3 nitrogen and oxygen atoms in total. The van der Waals surface area contributed by atoms with Crippen LogP contribution in [0.25, 0.3) is 0 Å². The molecule has 0 unspecified atom stereocenters. The lowest BCUT2D eigenvalue weighted by atomic mass is 10.2. The van der Waals surface area contributed by atoms with E-state index in [1.165, 1.54) is 0 Å². The maximum Gasteiger partial charge on any atom is 0.220 e. The molecule has 0 saturated carbocycles. The largest absolute Gasteiger partial charge is 0.375 e. The van der Waals surface area contributed by atoms with Crippen LogP contribution < -0.4 is 0 Å². The molecule has 18 heavy (non-hydrogen) atoms. The quantitative estimate of drug-likeness (QED) is 0.589. The van der Waals surface area contributed by atoms with E-state index in [0.717, 1.165) is 5.56 Å². The highest BCUT2D eigenvalue weighted by atomic mass is 16.5. The van der Waals surface area contributed by atoms with E-state index in [4.69, 9.17) is 4.74 Å². The fourth-order valence-electron chi connectivity index (χ4n) is 2.21. The maximum atomic E-state index is 11.4. The highest BCUT2D eigenvalue weighted by Gasteiger charge is 2.47. The number of hydrogen-bond donors (Lipinski definition) is 0. The molecule has 1 fully saturated rings. The van der Waals surface area contributed by atoms with E-state index in [-0.39, 0.29) is 18.0 Å². The van der Waals surface area contributed by atoms with Crippen molar-refractivity contribution in [3.63, 3.8) is 0 Å². The van der Waals surface area contributed by atoms with Gasteiger partial charge in [-0.3, -0.25) is 4.79 Å². The standard InChI is InChI=1S/C15H19NO2/c1-3-7-14-15(16(14)12(2)17)11-18-10-13-8-5-4-6-9-13/h3-9,14-15H,10-11H2,1-2H3/b7-3-/t14-,15+,16?/m0/s1. The fraction of sp³-hybridized carbons (Fsp3) is 0.400. The van der Waals surface area contributed by atoms with E-state index < -0.39 is 0 Å². The van der Waals surface area contributed by atoms with Crippen LogP contribution in [0.4, 0.5) is 0 Å². The number of rotatable bonds is 5. The van der Waals surface area contributed by atoms with E-state index in [1.54, 1.807) is 6.92 Å². The van der Waals surface area contributed by atoms with Gasteiger partial charge in [0.2, 0.25) is 5.91 Å². The lowest BCUT2D eigenvalue weighted by Crippen LogP contribution is -2.12. The van der Waals surface area contributed by atoms with Crippen molar-refractivity contribution >= 4 is 5.91 Å². The Labute approximate surface area is 108 Å². The molecule has 3 heteroatoms. The van der Waals surface area contributed by atoms with Crippen LogP contribution in [-0.4, -0.2) is 29.5 Å². The van der Waals surface area contributed by atoms with Gasteiger partial charge in [-0.25, -0.2) is 0 Å². The van der Waals surface area contributed by atoms with Crippen LogP contribution in [-0.2, 0) is 16.1 Å². The van der Waals surface area contributed by atoms with Gasteiger partial charge >= 0.3 is 0 Å². The van der Waals surface area contributed by atoms with Gasteiger partial charge in [-0.15, -0.1) is 0 Å². The van der Waals surface area contributed by atoms with Crippen molar-refractivity contribution < 1.29 is 9.53 Å². The summed E-state index contributed by atoms with van der Waals surface area (Å²) in [4.78, 5) is 13.2. The highest BCUT2D eigenvalue weighted by Crippen LogP contribution is 2.30. The minimum atomic E-state index is 0.117. The summed E-state index contributed by atoms with van der Waals surface area (Å²) in [5.74, 6) is 0.117. The SMILES string of the molecule is C/C=C\[C@H]1[C@@H](COCc2ccccc2)N1C(C)=O. The molecule has 1 heterocycles. The van der Waals surface area contributed by atoms with Gasteiger partial charge in [0, 0.05) is 6.92 Å². The summed E-state index contributed by atoms with van der Waals surface area (Å²) in [5, 5.41) is 0. The second kappa shape index (κ2) is 5.83. The summed E-state index contributed by atoms with van der Waals surface area (Å²) in [6.45, 7) is 4.78. The zero-order valence-electron chi connectivity index (χ0n) is 10.9. The summed E-state index contributed by atoms with van der Waals surface area (Å²) < 4.78 is 5.67. The van der Waals surface area contributed by atoms with Crippen LogP contribution in [0.3, 0.4) is 0 Å². The Morgan fingerprint density at radius 1 is 1.39 bits per heavy atom. The van der Waals surface area contributed by atoms with E-state index >= 15 is 0 Å². The van der Waals surface area contributed by atoms with Crippen LogP contribution in [0, 0.1) is 0 Å². The molecule has 1 aliphatic rings. The van der Waals surface area contributed by atoms with Crippen molar-refractivity contribution in [2.24, 2.45) is 0 Å². The van der Waals surface area contributed by atoms with Crippen LogP contribution >= 0.6 is 0 Å². The van der Waals surface area contributed by atoms with E-state index in [0.29, 0.717) is 13.2 Å². The summed E-state index contributed by atoms with van der Waals surface area (Å²) >= 11 is 0. The van der Waals surface area contributed by atoms with Crippen LogP contribution in [0.5, 0.6) is 0 Å². The van der Waals surface area contributed by atoms with Gasteiger partial charge in [-0.2, -0.15) is 0 Å². The first-order valence-electron chi connectivity index (χ1n) is 6.27. The van der Waals surface area contributed by atoms with Gasteiger partial charge in [0.25, 0.3) is 0 Å². The normalized spacial score (nSPS) is 22.4. The number of ether oxygens (including phenoxy) is 1. The van der Waals surface area contributed by atoms with Crippen LogP contribution in [0.15, 0.2) is 42.5 Å². The molecule has 0 bridgehead atoms. The lowest BCUT2D eigenvalue weighted by Gasteiger charge is -2.03. The molecule has 1 amide bonds. The third kappa shape index (κ3) is 2.99. The molecule has 96 valence electrons. The van der Waals surface area contributed by atoms with Crippen LogP contribution in [0.2, 0.25) is 0 Å². The molecule has 0 aromatic heterocycles. The van der Waals surface area contributed by atoms with Crippen molar-refractivity contribution in [3.05, 3.63) is 48.0 Å². The van der Waals surface area contributed by atoms with Gasteiger partial charge in [0.15, 0.2) is 0 Å². The summed E-state index contributed by atoms with van der Waals surface area (Å²) in [6.07, 6.45) is 4.04. The number of amides is 1. The van der Waals surface area contributed by atoms with E-state index in [2.05, 4.69) is 6.08 Å². The first kappa shape index (κ1) is 12.8. The molecule has 2 rings (SSSR count). The van der Waals surface area contributed by atoms with Crippen molar-refractivity contribution in [3.8, 4) is 0 Å². The topological polar surface area (TPSA) is 29.3 Å². The molecule has 0 radical (unpaired) electrons. The second-order valence-corrected chi connectivity index (χ2v) is 4.51. The molecular formula is C15H19NO2. The molecule has 1 saturated heterocycles. The second-order valence-electron chi connectivity index (χ2n) is 4.51. The van der Waals surface area contributed by atoms with E-state index in [1.807, 2.05) is 48.2 Å². The summed E-state index contributed by atoms with van der Waals surface area (Å²) in [5.41, 5.74) is 1.16. The Hall–Kier alpha value is -1.61. The number of carbonyl (C=O) groups is 1. The lowest BCUT2D eigenvalue weighted by molar-refractivity contribution is -0.124. The predicted octanol–water partition coefficient (Wildman–Crippen LogP) is 2.38. The first-order chi connectivity index (χ1) is 8.74. The van der Waals surface area contributed by atoms with Gasteiger partial charge < -0.3 is 9.64 Å². The Morgan fingerprint density at radius 3 is 2.72 bits per heavy atom. The zero-order chi connectivity index (χ0) is 13.0. The number of carbonyl (C=O) groups excluding carboxylic acids is 1. The zero-order valence-corrected chi connectivity index (χ0v) is 10.9. The Bertz CT molecular complexity index is 427. The third-order valence-electron chi connectivity index (χ3n) is 3.14. The fourth-order valence-corrected chi connectivity index (χ4v) is 2.21. The van der Waals surface area contributed by atoms with Gasteiger partial charge in [0.1, 0.15) is 0 Å². The molecule has 2 atom stereocenters. The number of allylic oxidation sites excluding steroid dienone is 1. The Morgan fingerprint density at radius 2 is 2.11 bits per heavy atom. The Kier molecular flexibility index (Phi) is 4.15. The maximum absolute atomic E-state index is 11.4. The van der Waals surface area contributed by atoms with Gasteiger partial charge in [-0.05, 0) is 12.5 Å². The molecular weight excluding hydrogens is 226 g/mol. The number of hydrogen-bond acceptors (Lipinski definition) is 2. The smallest absolute Gasteiger partial charge is 0.220 e. The monoisotopic (exact) mass is 245 g/mol. The molecule has 0 spiro atoms. The number of nitrogens with zero attached hydrogens (tertiary/aromatic N) is 1. The first-order valence-corrected chi connectivity index (χ1v) is 6.27. The van der Waals surface area contributed by atoms with Crippen molar-refractivity contribution in [1.82, 2.24) is 4.90 Å². The van der Waals surface area contributed by atoms with Crippen molar-refractivity contribution in [2.45, 2.75) is 32.5 Å². The van der Waals surface area contributed by atoms with Gasteiger partial charge in [-0.1, -0.05) is 42.5 Å². The van der Waals surface area contributed by atoms with Crippen molar-refractivity contribution in [2.75, 3.05) is 6.61 Å². The molecule has 1 aliphatic heterocycles. The average molecular weight is 245 g/mol. The molecule has 1 aromatic carbocycles. The molecule has 0 N–H and O–H groups in total. The third-order valence-corrected chi connectivity index (χ3v) is 3.14. The molecule has 0 aliphatic carbocycles.